The number of hydrogen-bond donors (Lipinski definition) is 1. The van der Waals surface area contributed by atoms with Crippen LogP contribution >= 0.6 is 0 Å². The van der Waals surface area contributed by atoms with E-state index in [-0.39, 0.29) is 11.6 Å². The van der Waals surface area contributed by atoms with Crippen molar-refractivity contribution in [2.75, 3.05) is 4.90 Å². The van der Waals surface area contributed by atoms with E-state index in [0.29, 0.717) is 10.9 Å². The summed E-state index contributed by atoms with van der Waals surface area (Å²) < 4.78 is 10.6. The van der Waals surface area contributed by atoms with Crippen molar-refractivity contribution in [1.82, 2.24) is 9.97 Å². The lowest BCUT2D eigenvalue weighted by molar-refractivity contribution is 0.0429. The summed E-state index contributed by atoms with van der Waals surface area (Å²) in [5.74, 6) is -0.0453. The summed E-state index contributed by atoms with van der Waals surface area (Å²) in [6, 6.07) is 2.96. The van der Waals surface area contributed by atoms with Gasteiger partial charge in [0.05, 0.1) is 17.9 Å². The zero-order valence-corrected chi connectivity index (χ0v) is 15.7. The van der Waals surface area contributed by atoms with Gasteiger partial charge in [-0.05, 0) is 53.7 Å². The summed E-state index contributed by atoms with van der Waals surface area (Å²) in [6.45, 7) is 10.1. The fourth-order valence-corrected chi connectivity index (χ4v) is 2.03. The van der Waals surface area contributed by atoms with Crippen LogP contribution in [0, 0.1) is 0 Å². The SMILES string of the molecule is CC(C)(C)OC(=O)N(C(=O)OC(C)(C)C)c1ccc2c(O)cncc2n1. The third-order valence-electron chi connectivity index (χ3n) is 2.96. The second kappa shape index (κ2) is 6.78. The van der Waals surface area contributed by atoms with Gasteiger partial charge >= 0.3 is 12.2 Å². The highest BCUT2D eigenvalue weighted by Crippen LogP contribution is 2.26. The van der Waals surface area contributed by atoms with Gasteiger partial charge in [0.1, 0.15) is 22.8 Å². The predicted molar refractivity (Wildman–Crippen MR) is 96.1 cm³/mol. The first-order valence-electron chi connectivity index (χ1n) is 8.07. The molecule has 0 saturated heterocycles. The molecule has 0 unspecified atom stereocenters. The van der Waals surface area contributed by atoms with E-state index >= 15 is 0 Å². The van der Waals surface area contributed by atoms with E-state index in [1.807, 2.05) is 0 Å². The zero-order chi connectivity index (χ0) is 19.7. The van der Waals surface area contributed by atoms with Crippen LogP contribution in [0.5, 0.6) is 5.75 Å². The highest BCUT2D eigenvalue weighted by molar-refractivity contribution is 6.09. The number of nitrogens with zero attached hydrogens (tertiary/aromatic N) is 3. The number of carbonyl (C=O) groups excluding carboxylic acids is 2. The molecule has 0 bridgehead atoms. The topological polar surface area (TPSA) is 102 Å². The minimum Gasteiger partial charge on any atom is -0.506 e. The Morgan fingerprint density at radius 1 is 0.962 bits per heavy atom. The van der Waals surface area contributed by atoms with E-state index in [9.17, 15) is 14.7 Å². The molecule has 2 aromatic rings. The summed E-state index contributed by atoms with van der Waals surface area (Å²) in [5, 5.41) is 10.3. The normalized spacial score (nSPS) is 11.9. The summed E-state index contributed by atoms with van der Waals surface area (Å²) >= 11 is 0. The van der Waals surface area contributed by atoms with Gasteiger partial charge in [-0.1, -0.05) is 0 Å². The second-order valence-electron chi connectivity index (χ2n) is 7.69. The highest BCUT2D eigenvalue weighted by atomic mass is 16.6. The standard InChI is InChI=1S/C18H23N3O5/c1-17(2,3)25-15(23)21(16(24)26-18(4,5)6)14-8-7-11-12(20-14)9-19-10-13(11)22/h7-10,22H,1-6H3. The molecule has 2 heterocycles. The van der Waals surface area contributed by atoms with Gasteiger partial charge in [0.15, 0.2) is 0 Å². The lowest BCUT2D eigenvalue weighted by Gasteiger charge is -2.28. The van der Waals surface area contributed by atoms with Gasteiger partial charge in [0.2, 0.25) is 0 Å². The van der Waals surface area contributed by atoms with Crippen molar-refractivity contribution >= 4 is 28.9 Å². The molecule has 0 aliphatic carbocycles. The Bertz CT molecular complexity index is 809. The van der Waals surface area contributed by atoms with Gasteiger partial charge in [-0.25, -0.2) is 14.6 Å². The van der Waals surface area contributed by atoms with E-state index in [4.69, 9.17) is 9.47 Å². The molecule has 0 saturated carbocycles. The molecule has 0 fully saturated rings. The summed E-state index contributed by atoms with van der Waals surface area (Å²) in [4.78, 5) is 34.0. The molecule has 0 aliphatic heterocycles. The van der Waals surface area contributed by atoms with Crippen molar-refractivity contribution in [1.29, 1.82) is 0 Å². The van der Waals surface area contributed by atoms with Crippen molar-refractivity contribution in [3.63, 3.8) is 0 Å². The molecule has 1 N–H and O–H groups in total. The molecule has 0 spiro atoms. The van der Waals surface area contributed by atoms with Gasteiger partial charge in [-0.15, -0.1) is 0 Å². The Labute approximate surface area is 151 Å². The molecule has 0 atom stereocenters. The minimum absolute atomic E-state index is 0.00778. The van der Waals surface area contributed by atoms with Crippen LogP contribution in [0.2, 0.25) is 0 Å². The fraction of sp³-hybridized carbons (Fsp3) is 0.444. The Hall–Kier alpha value is -2.90. The number of pyridine rings is 2. The van der Waals surface area contributed by atoms with Crippen LogP contribution in [-0.4, -0.2) is 38.5 Å². The van der Waals surface area contributed by atoms with Crippen molar-refractivity contribution in [3.05, 3.63) is 24.5 Å². The number of rotatable bonds is 1. The molecule has 8 nitrogen and oxygen atoms in total. The number of ether oxygens (including phenoxy) is 2. The lowest BCUT2D eigenvalue weighted by Crippen LogP contribution is -2.44. The molecule has 0 radical (unpaired) electrons. The first-order chi connectivity index (χ1) is 11.9. The predicted octanol–water partition coefficient (Wildman–Crippen LogP) is 4.01. The van der Waals surface area contributed by atoms with Crippen LogP contribution in [0.25, 0.3) is 10.9 Å². The van der Waals surface area contributed by atoms with Crippen LogP contribution in [0.15, 0.2) is 24.5 Å². The lowest BCUT2D eigenvalue weighted by atomic mass is 10.2. The number of fused-ring (bicyclic) bond motifs is 1. The summed E-state index contributed by atoms with van der Waals surface area (Å²) in [7, 11) is 0. The Balaban J connectivity index is 2.49. The van der Waals surface area contributed by atoms with Crippen molar-refractivity contribution in [2.24, 2.45) is 0 Å². The smallest absolute Gasteiger partial charge is 0.425 e. The highest BCUT2D eigenvalue weighted by Gasteiger charge is 2.33. The molecule has 8 heteroatoms. The van der Waals surface area contributed by atoms with Crippen LogP contribution in [0.1, 0.15) is 41.5 Å². The maximum Gasteiger partial charge on any atom is 0.425 e. The summed E-state index contributed by atoms with van der Waals surface area (Å²) in [5.41, 5.74) is -1.30. The number of aromatic hydroxyl groups is 1. The van der Waals surface area contributed by atoms with Crippen molar-refractivity contribution in [3.8, 4) is 5.75 Å². The average Bonchev–Trinajstić information content (AvgIpc) is 2.43. The second-order valence-corrected chi connectivity index (χ2v) is 7.69. The van der Waals surface area contributed by atoms with E-state index in [0.717, 1.165) is 4.90 Å². The third kappa shape index (κ3) is 4.81. The van der Waals surface area contributed by atoms with Gasteiger partial charge < -0.3 is 14.6 Å². The number of amides is 2. The first kappa shape index (κ1) is 19.4. The zero-order valence-electron chi connectivity index (χ0n) is 15.7. The maximum absolute atomic E-state index is 12.6. The minimum atomic E-state index is -0.910. The molecule has 26 heavy (non-hydrogen) atoms. The van der Waals surface area contributed by atoms with E-state index in [1.54, 1.807) is 41.5 Å². The molecular formula is C18H23N3O5. The quantitative estimate of drug-likeness (QED) is 0.818. The first-order valence-corrected chi connectivity index (χ1v) is 8.07. The number of carbonyl (C=O) groups is 2. The van der Waals surface area contributed by atoms with E-state index in [2.05, 4.69) is 9.97 Å². The average molecular weight is 361 g/mol. The van der Waals surface area contributed by atoms with Crippen molar-refractivity contribution in [2.45, 2.75) is 52.7 Å². The number of imide groups is 1. The molecule has 0 aliphatic rings. The largest absolute Gasteiger partial charge is 0.506 e. The number of hydrogen-bond acceptors (Lipinski definition) is 7. The molecular weight excluding hydrogens is 338 g/mol. The van der Waals surface area contributed by atoms with Crippen LogP contribution in [0.3, 0.4) is 0 Å². The molecule has 2 aromatic heterocycles. The van der Waals surface area contributed by atoms with Gasteiger partial charge in [0, 0.05) is 5.39 Å². The number of anilines is 1. The van der Waals surface area contributed by atoms with Crippen LogP contribution in [0.4, 0.5) is 15.4 Å². The molecule has 2 rings (SSSR count). The maximum atomic E-state index is 12.6. The Morgan fingerprint density at radius 2 is 1.50 bits per heavy atom. The Morgan fingerprint density at radius 3 is 2.00 bits per heavy atom. The van der Waals surface area contributed by atoms with Gasteiger partial charge in [-0.2, -0.15) is 4.90 Å². The fourth-order valence-electron chi connectivity index (χ4n) is 2.03. The summed E-state index contributed by atoms with van der Waals surface area (Å²) in [6.07, 6.45) is 0.878. The molecule has 2 amide bonds. The van der Waals surface area contributed by atoms with Crippen LogP contribution in [-0.2, 0) is 9.47 Å². The van der Waals surface area contributed by atoms with Gasteiger partial charge in [0.25, 0.3) is 0 Å². The third-order valence-corrected chi connectivity index (χ3v) is 2.96. The van der Waals surface area contributed by atoms with E-state index in [1.165, 1.54) is 24.5 Å². The van der Waals surface area contributed by atoms with Crippen LogP contribution < -0.4 is 4.90 Å². The van der Waals surface area contributed by atoms with Crippen molar-refractivity contribution < 1.29 is 24.2 Å². The monoisotopic (exact) mass is 361 g/mol. The Kier molecular flexibility index (Phi) is 5.06. The molecule has 0 aromatic carbocycles. The van der Waals surface area contributed by atoms with Gasteiger partial charge in [-0.3, -0.25) is 4.98 Å². The number of aromatic nitrogens is 2. The van der Waals surface area contributed by atoms with E-state index < -0.39 is 23.4 Å². The molecule has 140 valence electrons.